The molecule has 95 heavy (non-hydrogen) atoms. The van der Waals surface area contributed by atoms with Gasteiger partial charge >= 0.3 is 0 Å². The van der Waals surface area contributed by atoms with Crippen LogP contribution in [0.5, 0.6) is 46.0 Å². The van der Waals surface area contributed by atoms with Gasteiger partial charge in [-0.15, -0.1) is 0 Å². The molecule has 448 valence electrons. The number of benzene rings is 13. The van der Waals surface area contributed by atoms with Crippen molar-refractivity contribution in [3.8, 4) is 97.2 Å². The van der Waals surface area contributed by atoms with E-state index in [1.165, 1.54) is 0 Å². The molecule has 0 fully saturated rings. The van der Waals surface area contributed by atoms with Crippen molar-refractivity contribution >= 4 is 79.3 Å². The van der Waals surface area contributed by atoms with Crippen molar-refractivity contribution in [2.45, 2.75) is 0 Å². The summed E-state index contributed by atoms with van der Waals surface area (Å²) >= 11 is 0. The Kier molecular flexibility index (Phi) is 12.2. The van der Waals surface area contributed by atoms with E-state index >= 15 is 0 Å². The quantitative estimate of drug-likeness (QED) is 0.137. The molecule has 0 saturated carbocycles. The number of imidazole rings is 1. The number of hydrogen-bond acceptors (Lipinski definition) is 12. The van der Waals surface area contributed by atoms with Crippen molar-refractivity contribution in [2.24, 2.45) is 0 Å². The van der Waals surface area contributed by atoms with Crippen LogP contribution in [0.25, 0.3) is 62.3 Å². The van der Waals surface area contributed by atoms with Crippen molar-refractivity contribution in [3.05, 3.63) is 309 Å². The van der Waals surface area contributed by atoms with Crippen molar-refractivity contribution in [2.75, 3.05) is 19.6 Å². The van der Waals surface area contributed by atoms with Crippen LogP contribution in [0.1, 0.15) is 0 Å². The molecular formula is C82H51N9O4. The lowest BCUT2D eigenvalue weighted by atomic mass is 9.91. The third-order valence-corrected chi connectivity index (χ3v) is 17.7. The second-order valence-electron chi connectivity index (χ2n) is 23.3. The van der Waals surface area contributed by atoms with Crippen LogP contribution in [0.3, 0.4) is 0 Å². The zero-order chi connectivity index (χ0) is 62.5. The van der Waals surface area contributed by atoms with Gasteiger partial charge in [0.05, 0.1) is 90.4 Å². The lowest BCUT2D eigenvalue weighted by Crippen LogP contribution is -2.28. The van der Waals surface area contributed by atoms with Gasteiger partial charge in [-0.1, -0.05) is 188 Å². The van der Waals surface area contributed by atoms with Crippen molar-refractivity contribution < 1.29 is 18.9 Å². The van der Waals surface area contributed by atoms with Gasteiger partial charge in [-0.2, -0.15) is 0 Å². The van der Waals surface area contributed by atoms with Crippen LogP contribution in [0.4, 0.5) is 68.2 Å². The van der Waals surface area contributed by atoms with Gasteiger partial charge in [-0.05, 0) is 121 Å². The Hall–Kier alpha value is -13.3. The maximum absolute atomic E-state index is 7.12. The average Bonchev–Trinajstić information content (AvgIpc) is 1.47. The number of rotatable bonds is 9. The Morgan fingerprint density at radius 2 is 0.495 bits per heavy atom. The first-order valence-electron chi connectivity index (χ1n) is 31.5. The smallest absolute Gasteiger partial charge is 0.167 e. The fourth-order valence-corrected chi connectivity index (χ4v) is 13.7. The second kappa shape index (κ2) is 21.7. The molecule has 0 aliphatic carbocycles. The Balaban J connectivity index is 1.16. The Morgan fingerprint density at radius 3 is 0.853 bits per heavy atom. The molecule has 0 amide bonds. The summed E-state index contributed by atoms with van der Waals surface area (Å²) in [6.07, 6.45) is 0. The van der Waals surface area contributed by atoms with Crippen molar-refractivity contribution in [1.29, 1.82) is 0 Å². The monoisotopic (exact) mass is 1230 g/mol. The van der Waals surface area contributed by atoms with Crippen LogP contribution in [0.2, 0.25) is 0 Å². The Morgan fingerprint density at radius 1 is 0.221 bits per heavy atom. The van der Waals surface area contributed by atoms with Crippen LogP contribution in [-0.4, -0.2) is 24.5 Å². The number of aromatic nitrogens is 5. The minimum atomic E-state index is 0.345. The molecule has 13 nitrogen and oxygen atoms in total. The molecule has 2 aromatic heterocycles. The average molecular weight is 1230 g/mol. The number of hydrogen-bond donors (Lipinski definition) is 0. The predicted molar refractivity (Wildman–Crippen MR) is 375 cm³/mol. The van der Waals surface area contributed by atoms with Gasteiger partial charge < -0.3 is 28.7 Å². The standard InChI is InChI=1S/C82H51N9O4/c1-4-28-52(29-5-1)79-84-80(53-30-6-2-7-31-53)86-81(85-79)73-74(82-83-55-34-10-11-35-56(55)87(82)54-32-8-3-9-33-54)76(89-59-38-14-22-46-67(59)93-68-47-23-15-39-60(68)89)78(91-63-42-18-26-50-71(63)95-72-51-27-19-43-64(72)91)77(90-61-40-16-24-48-69(61)94-70-49-25-17-41-62(70)90)75(73)88-57-36-12-20-44-65(57)92-66-45-21-13-37-58(66)88/h1-51H. The van der Waals surface area contributed by atoms with E-state index in [4.69, 9.17) is 38.9 Å². The molecular weight excluding hydrogens is 1170 g/mol. The van der Waals surface area contributed by atoms with Crippen molar-refractivity contribution in [1.82, 2.24) is 24.5 Å². The predicted octanol–water partition coefficient (Wildman–Crippen LogP) is 22.2. The molecule has 15 aromatic rings. The Labute approximate surface area is 546 Å². The number of fused-ring (bicyclic) bond motifs is 9. The maximum Gasteiger partial charge on any atom is 0.167 e. The maximum atomic E-state index is 7.12. The fraction of sp³-hybridized carbons (Fsp3) is 0. The summed E-state index contributed by atoms with van der Waals surface area (Å²) in [5, 5.41) is 0. The Bertz CT molecular complexity index is 5330. The largest absolute Gasteiger partial charge is 0.453 e. The number of para-hydroxylation sites is 19. The third-order valence-electron chi connectivity index (χ3n) is 17.7. The minimum Gasteiger partial charge on any atom is -0.453 e. The summed E-state index contributed by atoms with van der Waals surface area (Å²) in [5.41, 5.74) is 14.1. The molecule has 0 saturated heterocycles. The van der Waals surface area contributed by atoms with E-state index in [0.717, 1.165) is 73.3 Å². The molecule has 0 bridgehead atoms. The summed E-state index contributed by atoms with van der Waals surface area (Å²) in [4.78, 5) is 32.8. The van der Waals surface area contributed by atoms with Gasteiger partial charge in [0.2, 0.25) is 0 Å². The van der Waals surface area contributed by atoms with Gasteiger partial charge in [0.15, 0.2) is 63.5 Å². The van der Waals surface area contributed by atoms with Crippen LogP contribution >= 0.6 is 0 Å². The van der Waals surface area contributed by atoms with Crippen molar-refractivity contribution in [3.63, 3.8) is 0 Å². The molecule has 13 heteroatoms. The zero-order valence-electron chi connectivity index (χ0n) is 50.6. The van der Waals surface area contributed by atoms with E-state index in [1.54, 1.807) is 0 Å². The van der Waals surface area contributed by atoms with Crippen LogP contribution in [0.15, 0.2) is 309 Å². The topological polar surface area (TPSA) is 106 Å². The van der Waals surface area contributed by atoms with Gasteiger partial charge in [0.1, 0.15) is 5.82 Å². The van der Waals surface area contributed by atoms with E-state index < -0.39 is 0 Å². The molecule has 0 radical (unpaired) electrons. The lowest BCUT2D eigenvalue weighted by Gasteiger charge is -2.45. The fourth-order valence-electron chi connectivity index (χ4n) is 13.7. The first-order chi connectivity index (χ1) is 47.2. The molecule has 4 aliphatic rings. The van der Waals surface area contributed by atoms with Crippen LogP contribution in [0, 0.1) is 0 Å². The lowest BCUT2D eigenvalue weighted by molar-refractivity contribution is 0.475. The van der Waals surface area contributed by atoms with E-state index in [-0.39, 0.29) is 0 Å². The molecule has 13 aromatic carbocycles. The summed E-state index contributed by atoms with van der Waals surface area (Å²) < 4.78 is 30.7. The highest BCUT2D eigenvalue weighted by molar-refractivity contribution is 6.20. The van der Waals surface area contributed by atoms with E-state index in [9.17, 15) is 0 Å². The summed E-state index contributed by atoms with van der Waals surface area (Å²) in [6.45, 7) is 0. The highest BCUT2D eigenvalue weighted by atomic mass is 16.5. The van der Waals surface area contributed by atoms with Gasteiger partial charge in [-0.3, -0.25) is 14.4 Å². The van der Waals surface area contributed by atoms with Gasteiger partial charge in [0, 0.05) is 16.8 Å². The molecule has 0 atom stereocenters. The molecule has 0 unspecified atom stereocenters. The van der Waals surface area contributed by atoms with Gasteiger partial charge in [-0.25, -0.2) is 19.9 Å². The van der Waals surface area contributed by atoms with Crippen LogP contribution < -0.4 is 38.5 Å². The number of ether oxygens (including phenoxy) is 4. The van der Waals surface area contributed by atoms with E-state index in [1.807, 2.05) is 146 Å². The highest BCUT2D eigenvalue weighted by Crippen LogP contribution is 2.70. The second-order valence-corrected chi connectivity index (χ2v) is 23.3. The van der Waals surface area contributed by atoms with E-state index in [0.29, 0.717) is 103 Å². The summed E-state index contributed by atoms with van der Waals surface area (Å²) in [5.74, 6) is 6.88. The summed E-state index contributed by atoms with van der Waals surface area (Å²) in [6, 6.07) is 105. The molecule has 0 N–H and O–H groups in total. The van der Waals surface area contributed by atoms with E-state index in [2.05, 4.69) is 188 Å². The molecule has 4 aliphatic heterocycles. The number of nitrogens with zero attached hydrogens (tertiary/aromatic N) is 9. The van der Waals surface area contributed by atoms with Gasteiger partial charge in [0.25, 0.3) is 0 Å². The molecule has 19 rings (SSSR count). The van der Waals surface area contributed by atoms with Crippen LogP contribution in [-0.2, 0) is 0 Å². The normalized spacial score (nSPS) is 12.9. The SMILES string of the molecule is c1ccc(-c2nc(-c3ccccc3)nc(-c3c(-c4nc5ccccc5n4-c4ccccc4)c(N4c5ccccc5Oc5ccccc54)c(N4c5ccccc5Oc5ccccc54)c(N4c5ccccc5Oc5ccccc54)c3N3c4ccccc4Oc4ccccc43)n2)cc1. The minimum absolute atomic E-state index is 0.345. The number of anilines is 12. The zero-order valence-corrected chi connectivity index (χ0v) is 50.6. The summed E-state index contributed by atoms with van der Waals surface area (Å²) in [7, 11) is 0. The first-order valence-corrected chi connectivity index (χ1v) is 31.5. The first kappa shape index (κ1) is 53.6. The third kappa shape index (κ3) is 8.57. The molecule has 6 heterocycles. The highest BCUT2D eigenvalue weighted by Gasteiger charge is 2.47. The molecule has 0 spiro atoms.